The molecule has 126 valence electrons. The summed E-state index contributed by atoms with van der Waals surface area (Å²) in [5.74, 6) is 0.970. The Kier molecular flexibility index (Phi) is 4.24. The second kappa shape index (κ2) is 6.69. The normalized spacial score (nSPS) is 16.3. The summed E-state index contributed by atoms with van der Waals surface area (Å²) in [5.41, 5.74) is 3.09. The Balaban J connectivity index is 1.53. The second-order valence-electron chi connectivity index (χ2n) is 6.42. The number of hydrogen-bond donors (Lipinski definition) is 0. The van der Waals surface area contributed by atoms with E-state index < -0.39 is 0 Å². The van der Waals surface area contributed by atoms with Crippen LogP contribution in [0.25, 0.3) is 10.8 Å². The maximum absolute atomic E-state index is 11.6. The Morgan fingerprint density at radius 3 is 2.76 bits per heavy atom. The molecule has 1 heterocycles. The summed E-state index contributed by atoms with van der Waals surface area (Å²) in [5, 5.41) is 2.24. The lowest BCUT2D eigenvalue weighted by Gasteiger charge is -2.27. The molecular weight excluding hydrogens is 312 g/mol. The van der Waals surface area contributed by atoms with Gasteiger partial charge in [0.05, 0.1) is 6.61 Å². The van der Waals surface area contributed by atoms with E-state index >= 15 is 0 Å². The lowest BCUT2D eigenvalue weighted by molar-refractivity contribution is -0.0993. The van der Waals surface area contributed by atoms with Crippen molar-refractivity contribution in [2.75, 3.05) is 0 Å². The summed E-state index contributed by atoms with van der Waals surface area (Å²) in [6, 6.07) is 20.0. The number of hydrogen-bond acceptors (Lipinski definition) is 3. The standard InChI is InChI=1S/C22H20O3/c1-15(23)17-7-9-19-18(13-17)8-11-21-20(19)10-12-22(25-21)24-14-16-5-3-2-4-6-16/h2-9,11,13,22H,10,12,14H2,1H3/t22-/m0/s1. The molecule has 4 rings (SSSR count). The van der Waals surface area contributed by atoms with Crippen LogP contribution in [0.2, 0.25) is 0 Å². The van der Waals surface area contributed by atoms with Crippen LogP contribution in [0, 0.1) is 0 Å². The van der Waals surface area contributed by atoms with Gasteiger partial charge < -0.3 is 9.47 Å². The van der Waals surface area contributed by atoms with Gasteiger partial charge in [-0.05, 0) is 41.8 Å². The molecular formula is C22H20O3. The van der Waals surface area contributed by atoms with Crippen LogP contribution < -0.4 is 4.74 Å². The fraction of sp³-hybridized carbons (Fsp3) is 0.227. The van der Waals surface area contributed by atoms with E-state index in [0.717, 1.165) is 40.5 Å². The highest BCUT2D eigenvalue weighted by atomic mass is 16.7. The third-order valence-corrected chi connectivity index (χ3v) is 4.66. The molecule has 0 aromatic heterocycles. The molecule has 0 amide bonds. The van der Waals surface area contributed by atoms with E-state index in [2.05, 4.69) is 12.1 Å². The maximum Gasteiger partial charge on any atom is 0.200 e. The smallest absolute Gasteiger partial charge is 0.200 e. The SMILES string of the molecule is CC(=O)c1ccc2c3c(ccc2c1)O[C@H](OCc1ccccc1)CC3. The number of carbonyl (C=O) groups excluding carboxylic acids is 1. The molecule has 0 radical (unpaired) electrons. The van der Waals surface area contributed by atoms with E-state index in [1.807, 2.05) is 48.5 Å². The van der Waals surface area contributed by atoms with Crippen LogP contribution in [0.4, 0.5) is 0 Å². The van der Waals surface area contributed by atoms with Gasteiger partial charge in [0.1, 0.15) is 5.75 Å². The van der Waals surface area contributed by atoms with Gasteiger partial charge in [-0.25, -0.2) is 0 Å². The minimum Gasteiger partial charge on any atom is -0.465 e. The molecule has 3 nitrogen and oxygen atoms in total. The predicted molar refractivity (Wildman–Crippen MR) is 97.9 cm³/mol. The first kappa shape index (κ1) is 15.9. The van der Waals surface area contributed by atoms with Crippen molar-refractivity contribution in [1.29, 1.82) is 0 Å². The summed E-state index contributed by atoms with van der Waals surface area (Å²) in [4.78, 5) is 11.6. The zero-order valence-corrected chi connectivity index (χ0v) is 14.2. The zero-order valence-electron chi connectivity index (χ0n) is 14.2. The minimum atomic E-state index is -0.221. The number of benzene rings is 3. The summed E-state index contributed by atoms with van der Waals surface area (Å²) in [6.07, 6.45) is 1.51. The van der Waals surface area contributed by atoms with Crippen molar-refractivity contribution >= 4 is 16.6 Å². The number of ether oxygens (including phenoxy) is 2. The number of ketones is 1. The number of aryl methyl sites for hydroxylation is 1. The summed E-state index contributed by atoms with van der Waals surface area (Å²) >= 11 is 0. The van der Waals surface area contributed by atoms with Gasteiger partial charge in [0.2, 0.25) is 6.29 Å². The number of Topliss-reactive ketones (excluding diaryl/α,β-unsaturated/α-hetero) is 1. The molecule has 1 aliphatic heterocycles. The Morgan fingerprint density at radius 1 is 1.12 bits per heavy atom. The van der Waals surface area contributed by atoms with Crippen molar-refractivity contribution in [3.05, 3.63) is 77.4 Å². The van der Waals surface area contributed by atoms with Gasteiger partial charge in [-0.1, -0.05) is 48.5 Å². The third-order valence-electron chi connectivity index (χ3n) is 4.66. The Labute approximate surface area is 147 Å². The molecule has 0 saturated heterocycles. The number of fused-ring (bicyclic) bond motifs is 3. The molecule has 0 saturated carbocycles. The number of rotatable bonds is 4. The van der Waals surface area contributed by atoms with Crippen LogP contribution in [0.15, 0.2) is 60.7 Å². The van der Waals surface area contributed by atoms with Gasteiger partial charge in [-0.3, -0.25) is 4.79 Å². The molecule has 25 heavy (non-hydrogen) atoms. The zero-order chi connectivity index (χ0) is 17.2. The highest BCUT2D eigenvalue weighted by molar-refractivity contribution is 5.99. The van der Waals surface area contributed by atoms with Gasteiger partial charge in [0, 0.05) is 17.5 Å². The van der Waals surface area contributed by atoms with Crippen LogP contribution in [0.3, 0.4) is 0 Å². The molecule has 1 aliphatic rings. The highest BCUT2D eigenvalue weighted by Crippen LogP contribution is 2.34. The second-order valence-corrected chi connectivity index (χ2v) is 6.42. The van der Waals surface area contributed by atoms with E-state index in [-0.39, 0.29) is 12.1 Å². The molecule has 0 fully saturated rings. The molecule has 3 aromatic rings. The van der Waals surface area contributed by atoms with E-state index in [0.29, 0.717) is 6.61 Å². The number of carbonyl (C=O) groups is 1. The van der Waals surface area contributed by atoms with Crippen molar-refractivity contribution in [3.63, 3.8) is 0 Å². The largest absolute Gasteiger partial charge is 0.465 e. The lowest BCUT2D eigenvalue weighted by atomic mass is 9.96. The molecule has 0 N–H and O–H groups in total. The monoisotopic (exact) mass is 332 g/mol. The molecule has 3 aromatic carbocycles. The highest BCUT2D eigenvalue weighted by Gasteiger charge is 2.22. The molecule has 1 atom stereocenters. The first-order chi connectivity index (χ1) is 12.2. The Morgan fingerprint density at radius 2 is 1.96 bits per heavy atom. The van der Waals surface area contributed by atoms with Crippen molar-refractivity contribution in [1.82, 2.24) is 0 Å². The van der Waals surface area contributed by atoms with E-state index in [1.165, 1.54) is 5.56 Å². The van der Waals surface area contributed by atoms with Crippen molar-refractivity contribution in [3.8, 4) is 5.75 Å². The average molecular weight is 332 g/mol. The fourth-order valence-electron chi connectivity index (χ4n) is 3.30. The van der Waals surface area contributed by atoms with E-state index in [9.17, 15) is 4.79 Å². The van der Waals surface area contributed by atoms with Crippen LogP contribution in [0.5, 0.6) is 5.75 Å². The van der Waals surface area contributed by atoms with Crippen molar-refractivity contribution in [2.24, 2.45) is 0 Å². The first-order valence-electron chi connectivity index (χ1n) is 8.59. The van der Waals surface area contributed by atoms with Gasteiger partial charge in [-0.15, -0.1) is 0 Å². The molecule has 0 unspecified atom stereocenters. The van der Waals surface area contributed by atoms with Gasteiger partial charge >= 0.3 is 0 Å². The molecule has 3 heteroatoms. The summed E-state index contributed by atoms with van der Waals surface area (Å²) < 4.78 is 12.0. The lowest BCUT2D eigenvalue weighted by Crippen LogP contribution is -2.25. The van der Waals surface area contributed by atoms with Crippen LogP contribution >= 0.6 is 0 Å². The van der Waals surface area contributed by atoms with Crippen LogP contribution in [-0.2, 0) is 17.8 Å². The quantitative estimate of drug-likeness (QED) is 0.637. The van der Waals surface area contributed by atoms with E-state index in [4.69, 9.17) is 9.47 Å². The van der Waals surface area contributed by atoms with Crippen molar-refractivity contribution in [2.45, 2.75) is 32.7 Å². The predicted octanol–water partition coefficient (Wildman–Crippen LogP) is 4.91. The fourth-order valence-corrected chi connectivity index (χ4v) is 3.30. The molecule has 0 aliphatic carbocycles. The van der Waals surface area contributed by atoms with Gasteiger partial charge in [0.25, 0.3) is 0 Å². The first-order valence-corrected chi connectivity index (χ1v) is 8.59. The van der Waals surface area contributed by atoms with Crippen molar-refractivity contribution < 1.29 is 14.3 Å². The summed E-state index contributed by atoms with van der Waals surface area (Å²) in [7, 11) is 0. The Bertz CT molecular complexity index is 915. The summed E-state index contributed by atoms with van der Waals surface area (Å²) in [6.45, 7) is 2.15. The molecule has 0 bridgehead atoms. The van der Waals surface area contributed by atoms with E-state index in [1.54, 1.807) is 6.92 Å². The van der Waals surface area contributed by atoms with Gasteiger partial charge in [0.15, 0.2) is 5.78 Å². The third kappa shape index (κ3) is 3.28. The topological polar surface area (TPSA) is 35.5 Å². The van der Waals surface area contributed by atoms with Crippen LogP contribution in [0.1, 0.15) is 34.8 Å². The maximum atomic E-state index is 11.6. The van der Waals surface area contributed by atoms with Gasteiger partial charge in [-0.2, -0.15) is 0 Å². The minimum absolute atomic E-state index is 0.0882. The molecule has 0 spiro atoms. The van der Waals surface area contributed by atoms with Crippen LogP contribution in [-0.4, -0.2) is 12.1 Å². The average Bonchev–Trinajstić information content (AvgIpc) is 2.66. The Hall–Kier alpha value is -2.65.